The van der Waals surface area contributed by atoms with Gasteiger partial charge < -0.3 is 14.4 Å². The lowest BCUT2D eigenvalue weighted by atomic mass is 10.1. The molecule has 0 spiro atoms. The van der Waals surface area contributed by atoms with E-state index in [2.05, 4.69) is 9.88 Å². The highest BCUT2D eigenvalue weighted by atomic mass is 16.6. The minimum atomic E-state index is -0.251. The maximum Gasteiger partial charge on any atom is 0.302 e. The number of aromatic nitrogens is 2. The Kier molecular flexibility index (Phi) is 3.80. The highest BCUT2D eigenvalue weighted by Crippen LogP contribution is 2.38. The van der Waals surface area contributed by atoms with Gasteiger partial charge in [0.2, 0.25) is 5.91 Å². The molecule has 0 unspecified atom stereocenters. The summed E-state index contributed by atoms with van der Waals surface area (Å²) in [4.78, 5) is 31.3. The van der Waals surface area contributed by atoms with Crippen molar-refractivity contribution >= 4 is 5.91 Å². The second-order valence-corrected chi connectivity index (χ2v) is 6.75. The Hall–Kier alpha value is -1.93. The van der Waals surface area contributed by atoms with Crippen molar-refractivity contribution in [1.29, 1.82) is 0 Å². The van der Waals surface area contributed by atoms with Crippen LogP contribution in [-0.4, -0.2) is 70.2 Å². The number of nitrogens with zero attached hydrogens (tertiary/aromatic N) is 4. The van der Waals surface area contributed by atoms with Crippen LogP contribution in [0.15, 0.2) is 11.0 Å². The fourth-order valence-electron chi connectivity index (χ4n) is 3.64. The Labute approximate surface area is 140 Å². The van der Waals surface area contributed by atoms with Gasteiger partial charge in [0.1, 0.15) is 18.4 Å². The molecule has 130 valence electrons. The maximum absolute atomic E-state index is 11.7. The van der Waals surface area contributed by atoms with Crippen molar-refractivity contribution in [3.05, 3.63) is 22.1 Å². The van der Waals surface area contributed by atoms with Gasteiger partial charge in [-0.15, -0.1) is 0 Å². The van der Waals surface area contributed by atoms with Crippen molar-refractivity contribution in [1.82, 2.24) is 19.4 Å². The van der Waals surface area contributed by atoms with E-state index in [-0.39, 0.29) is 29.9 Å². The lowest BCUT2D eigenvalue weighted by molar-refractivity contribution is -0.130. The zero-order chi connectivity index (χ0) is 16.8. The van der Waals surface area contributed by atoms with E-state index in [1.165, 1.54) is 0 Å². The second kappa shape index (κ2) is 5.86. The van der Waals surface area contributed by atoms with Crippen LogP contribution in [0.1, 0.15) is 25.1 Å². The molecule has 4 rings (SSSR count). The van der Waals surface area contributed by atoms with E-state index in [0.29, 0.717) is 11.6 Å². The van der Waals surface area contributed by atoms with Gasteiger partial charge in [-0.3, -0.25) is 19.1 Å². The topological polar surface area (TPSA) is 76.9 Å². The van der Waals surface area contributed by atoms with Crippen LogP contribution in [-0.2, 0) is 9.53 Å². The number of carbonyl (C=O) groups excluding carboxylic acids is 1. The summed E-state index contributed by atoms with van der Waals surface area (Å²) in [5.41, 5.74) is 0.340. The number of aryl methyl sites for hydroxylation is 1. The Morgan fingerprint density at radius 1 is 1.33 bits per heavy atom. The summed E-state index contributed by atoms with van der Waals surface area (Å²) in [5, 5.41) is 0. The first-order valence-electron chi connectivity index (χ1n) is 8.41. The molecule has 0 radical (unpaired) electrons. The summed E-state index contributed by atoms with van der Waals surface area (Å²) in [5.74, 6) is 0.132. The van der Waals surface area contributed by atoms with Gasteiger partial charge in [-0.05, 0) is 6.92 Å². The number of rotatable bonds is 2. The molecule has 3 aliphatic rings. The number of carbonyl (C=O) groups is 1. The molecule has 8 nitrogen and oxygen atoms in total. The molecule has 0 N–H and O–H groups in total. The average molecular weight is 334 g/mol. The zero-order valence-electron chi connectivity index (χ0n) is 14.0. The molecule has 3 atom stereocenters. The third-order valence-corrected chi connectivity index (χ3v) is 5.09. The van der Waals surface area contributed by atoms with Crippen LogP contribution >= 0.6 is 0 Å². The molecule has 24 heavy (non-hydrogen) atoms. The SMILES string of the molecule is CC(=O)N1CCN(C[C@H]2O[C@@H]3C[C@H]2Oc2nc(=O)c(C)cn23)CC1. The van der Waals surface area contributed by atoms with Gasteiger partial charge in [-0.1, -0.05) is 0 Å². The Morgan fingerprint density at radius 2 is 2.08 bits per heavy atom. The van der Waals surface area contributed by atoms with Crippen molar-refractivity contribution in [2.75, 3.05) is 32.7 Å². The van der Waals surface area contributed by atoms with Gasteiger partial charge >= 0.3 is 6.01 Å². The highest BCUT2D eigenvalue weighted by molar-refractivity contribution is 5.73. The maximum atomic E-state index is 11.7. The van der Waals surface area contributed by atoms with Crippen LogP contribution in [0.2, 0.25) is 0 Å². The van der Waals surface area contributed by atoms with Gasteiger partial charge in [0.25, 0.3) is 5.56 Å². The highest BCUT2D eigenvalue weighted by Gasteiger charge is 2.44. The van der Waals surface area contributed by atoms with Gasteiger partial charge in [0, 0.05) is 57.8 Å². The quantitative estimate of drug-likeness (QED) is 0.743. The molecular weight excluding hydrogens is 312 g/mol. The van der Waals surface area contributed by atoms with E-state index >= 15 is 0 Å². The van der Waals surface area contributed by atoms with E-state index in [0.717, 1.165) is 39.1 Å². The van der Waals surface area contributed by atoms with Crippen LogP contribution in [0.4, 0.5) is 0 Å². The van der Waals surface area contributed by atoms with Crippen LogP contribution in [0.3, 0.4) is 0 Å². The monoisotopic (exact) mass is 334 g/mol. The van der Waals surface area contributed by atoms with Crippen molar-refractivity contribution < 1.29 is 14.3 Å². The van der Waals surface area contributed by atoms with Crippen LogP contribution in [0, 0.1) is 6.92 Å². The van der Waals surface area contributed by atoms with Crippen molar-refractivity contribution in [3.8, 4) is 6.01 Å². The standard InChI is InChI=1S/C16H22N4O4/c1-10-8-20-14-7-12(24-16(20)17-15(10)22)13(23-14)9-18-3-5-19(6-4-18)11(2)21/h8,12-14H,3-7,9H2,1-2H3/t12-,13-,14-/m1/s1. The number of hydrogen-bond donors (Lipinski definition) is 0. The minimum absolute atomic E-state index is 0.0454. The molecule has 1 amide bonds. The summed E-state index contributed by atoms with van der Waals surface area (Å²) in [7, 11) is 0. The van der Waals surface area contributed by atoms with Gasteiger partial charge in [-0.2, -0.15) is 4.98 Å². The van der Waals surface area contributed by atoms with Gasteiger partial charge in [0.15, 0.2) is 0 Å². The largest absolute Gasteiger partial charge is 0.458 e. The number of ether oxygens (including phenoxy) is 2. The first-order valence-corrected chi connectivity index (χ1v) is 8.41. The minimum Gasteiger partial charge on any atom is -0.458 e. The third kappa shape index (κ3) is 2.69. The van der Waals surface area contributed by atoms with Gasteiger partial charge in [-0.25, -0.2) is 0 Å². The molecular formula is C16H22N4O4. The van der Waals surface area contributed by atoms with Crippen molar-refractivity contribution in [2.24, 2.45) is 0 Å². The molecule has 2 saturated heterocycles. The lowest BCUT2D eigenvalue weighted by Gasteiger charge is -2.35. The smallest absolute Gasteiger partial charge is 0.302 e. The first kappa shape index (κ1) is 15.6. The molecule has 1 aromatic heterocycles. The molecule has 0 aromatic carbocycles. The molecule has 4 heterocycles. The number of fused-ring (bicyclic) bond motifs is 4. The predicted octanol–water partition coefficient (Wildman–Crippen LogP) is -0.236. The normalized spacial score (nSPS) is 29.2. The summed E-state index contributed by atoms with van der Waals surface area (Å²) in [6.07, 6.45) is 2.30. The second-order valence-electron chi connectivity index (χ2n) is 6.75. The average Bonchev–Trinajstić information content (AvgIpc) is 2.88. The lowest BCUT2D eigenvalue weighted by Crippen LogP contribution is -2.51. The van der Waals surface area contributed by atoms with E-state index in [4.69, 9.17) is 9.47 Å². The predicted molar refractivity (Wildman–Crippen MR) is 84.9 cm³/mol. The van der Waals surface area contributed by atoms with E-state index < -0.39 is 0 Å². The van der Waals surface area contributed by atoms with Crippen molar-refractivity contribution in [3.63, 3.8) is 0 Å². The Bertz CT molecular complexity index is 711. The molecule has 1 aromatic rings. The van der Waals surface area contributed by atoms with E-state index in [1.807, 2.05) is 9.47 Å². The molecule has 8 heteroatoms. The summed E-state index contributed by atoms with van der Waals surface area (Å²) >= 11 is 0. The fraction of sp³-hybridized carbons (Fsp3) is 0.688. The molecule has 0 aliphatic carbocycles. The molecule has 2 bridgehead atoms. The fourth-order valence-corrected chi connectivity index (χ4v) is 3.64. The van der Waals surface area contributed by atoms with Gasteiger partial charge in [0.05, 0.1) is 0 Å². The van der Waals surface area contributed by atoms with Crippen molar-refractivity contribution in [2.45, 2.75) is 38.7 Å². The third-order valence-electron chi connectivity index (χ3n) is 5.09. The molecule has 0 saturated carbocycles. The van der Waals surface area contributed by atoms with Crippen LogP contribution in [0.5, 0.6) is 6.01 Å². The van der Waals surface area contributed by atoms with E-state index in [9.17, 15) is 9.59 Å². The van der Waals surface area contributed by atoms with Crippen LogP contribution in [0.25, 0.3) is 0 Å². The van der Waals surface area contributed by atoms with Crippen LogP contribution < -0.4 is 10.3 Å². The number of hydrogen-bond acceptors (Lipinski definition) is 6. The molecule has 2 fully saturated rings. The first-order chi connectivity index (χ1) is 11.5. The summed E-state index contributed by atoms with van der Waals surface area (Å²) in [6, 6.07) is 0.357. The zero-order valence-corrected chi connectivity index (χ0v) is 14.0. The number of amides is 1. The number of piperazine rings is 1. The summed E-state index contributed by atoms with van der Waals surface area (Å²) in [6.45, 7) is 7.33. The summed E-state index contributed by atoms with van der Waals surface area (Å²) < 4.78 is 13.9. The van der Waals surface area contributed by atoms with E-state index in [1.54, 1.807) is 20.0 Å². The Morgan fingerprint density at radius 3 is 2.79 bits per heavy atom. The molecule has 3 aliphatic heterocycles. The Balaban J connectivity index is 1.42.